The Hall–Kier alpha value is -2.85. The fraction of sp³-hybridized carbons (Fsp3) is 0.737. The number of rotatable bonds is 4. The predicted molar refractivity (Wildman–Crippen MR) is 116 cm³/mol. The highest BCUT2D eigenvalue weighted by Gasteiger charge is 2.28. The second-order valence-electron chi connectivity index (χ2n) is 7.57. The van der Waals surface area contributed by atoms with Gasteiger partial charge in [0.2, 0.25) is 11.8 Å². The summed E-state index contributed by atoms with van der Waals surface area (Å²) in [6.45, 7) is 2.19. The molecule has 1 aliphatic rings. The number of hydrazine groups is 1. The van der Waals surface area contributed by atoms with Gasteiger partial charge in [-0.05, 0) is 13.8 Å². The topological polar surface area (TPSA) is 216 Å². The maximum absolute atomic E-state index is 12.5. The van der Waals surface area contributed by atoms with Gasteiger partial charge in [0.25, 0.3) is 5.91 Å². The largest absolute Gasteiger partial charge is 0.394 e. The molecule has 0 aromatic heterocycles. The summed E-state index contributed by atoms with van der Waals surface area (Å²) in [6.07, 6.45) is -1.61. The van der Waals surface area contributed by atoms with Crippen LogP contribution in [0.2, 0.25) is 0 Å². The van der Waals surface area contributed by atoms with Gasteiger partial charge in [-0.2, -0.15) is 0 Å². The van der Waals surface area contributed by atoms with Gasteiger partial charge in [0.05, 0.1) is 38.6 Å². The Bertz CT molecular complexity index is 706. The van der Waals surface area contributed by atoms with E-state index >= 15 is 0 Å². The Balaban J connectivity index is 2.90. The van der Waals surface area contributed by atoms with Crippen LogP contribution >= 0.6 is 0 Å². The number of nitrogens with one attached hydrogen (secondary N) is 6. The molecule has 0 spiro atoms. The molecular weight excluding hydrogens is 456 g/mol. The van der Waals surface area contributed by atoms with E-state index in [9.17, 15) is 34.2 Å². The van der Waals surface area contributed by atoms with Gasteiger partial charge in [-0.3, -0.25) is 24.6 Å². The molecule has 1 heterocycles. The van der Waals surface area contributed by atoms with Gasteiger partial charge in [-0.1, -0.05) is 0 Å². The van der Waals surface area contributed by atoms with E-state index in [1.54, 1.807) is 0 Å². The van der Waals surface area contributed by atoms with Crippen molar-refractivity contribution in [2.45, 2.75) is 44.5 Å². The number of carbonyl (C=O) groups excluding carboxylic acids is 5. The van der Waals surface area contributed by atoms with Gasteiger partial charge in [-0.25, -0.2) is 10.2 Å². The fourth-order valence-electron chi connectivity index (χ4n) is 2.76. The van der Waals surface area contributed by atoms with Crippen molar-refractivity contribution in [1.29, 1.82) is 0 Å². The number of urea groups is 1. The Morgan fingerprint density at radius 3 is 2.41 bits per heavy atom. The molecular formula is C19H34N6O9. The Labute approximate surface area is 196 Å². The number of carbonyl (C=O) groups is 5. The molecule has 1 unspecified atom stereocenters. The zero-order chi connectivity index (χ0) is 25.5. The van der Waals surface area contributed by atoms with Gasteiger partial charge in [0.15, 0.2) is 0 Å². The molecule has 15 heteroatoms. The molecule has 0 bridgehead atoms. The molecule has 4 atom stereocenters. The van der Waals surface area contributed by atoms with Crippen molar-refractivity contribution in [2.75, 3.05) is 46.1 Å². The van der Waals surface area contributed by atoms with Gasteiger partial charge >= 0.3 is 6.03 Å². The fourth-order valence-corrected chi connectivity index (χ4v) is 2.76. The SMILES string of the molecule is CC(=O)C[C@@H]1NC(=O)N[C@@H](C(C)O)C(=O)NCCOCCOCC(=O)N[C@@H](CO)CNNC1=O. The molecule has 0 aromatic rings. The van der Waals surface area contributed by atoms with Crippen molar-refractivity contribution in [2.24, 2.45) is 0 Å². The van der Waals surface area contributed by atoms with E-state index in [4.69, 9.17) is 9.47 Å². The molecule has 1 aliphatic heterocycles. The van der Waals surface area contributed by atoms with Crippen LogP contribution in [0.3, 0.4) is 0 Å². The summed E-state index contributed by atoms with van der Waals surface area (Å²) in [7, 11) is 0. The summed E-state index contributed by atoms with van der Waals surface area (Å²) in [6, 6.07) is -4.35. The van der Waals surface area contributed by atoms with Crippen LogP contribution in [0.15, 0.2) is 0 Å². The number of ether oxygens (including phenoxy) is 2. The molecule has 1 fully saturated rings. The van der Waals surface area contributed by atoms with E-state index < -0.39 is 60.4 Å². The lowest BCUT2D eigenvalue weighted by molar-refractivity contribution is -0.128. The zero-order valence-corrected chi connectivity index (χ0v) is 19.2. The van der Waals surface area contributed by atoms with Crippen molar-refractivity contribution in [3.8, 4) is 0 Å². The van der Waals surface area contributed by atoms with Crippen LogP contribution in [-0.2, 0) is 28.7 Å². The smallest absolute Gasteiger partial charge is 0.316 e. The van der Waals surface area contributed by atoms with Crippen LogP contribution in [0.5, 0.6) is 0 Å². The van der Waals surface area contributed by atoms with Crippen LogP contribution in [-0.4, -0.2) is 110 Å². The zero-order valence-electron chi connectivity index (χ0n) is 19.2. The van der Waals surface area contributed by atoms with Crippen molar-refractivity contribution in [3.05, 3.63) is 0 Å². The lowest BCUT2D eigenvalue weighted by atomic mass is 10.1. The third-order valence-corrected chi connectivity index (χ3v) is 4.46. The van der Waals surface area contributed by atoms with E-state index in [2.05, 4.69) is 32.1 Å². The van der Waals surface area contributed by atoms with Crippen molar-refractivity contribution < 1.29 is 43.7 Å². The molecule has 1 rings (SSSR count). The van der Waals surface area contributed by atoms with Gasteiger partial charge < -0.3 is 41.0 Å². The van der Waals surface area contributed by atoms with E-state index in [-0.39, 0.29) is 45.9 Å². The number of aliphatic hydroxyl groups is 2. The average molecular weight is 491 g/mol. The molecule has 8 N–H and O–H groups in total. The summed E-state index contributed by atoms with van der Waals surface area (Å²) >= 11 is 0. The predicted octanol–water partition coefficient (Wildman–Crippen LogP) is -4.36. The molecule has 194 valence electrons. The van der Waals surface area contributed by atoms with E-state index in [0.29, 0.717) is 0 Å². The number of aliphatic hydroxyl groups excluding tert-OH is 2. The quantitative estimate of drug-likeness (QED) is 0.189. The molecule has 0 saturated carbocycles. The maximum Gasteiger partial charge on any atom is 0.316 e. The van der Waals surface area contributed by atoms with Crippen LogP contribution < -0.4 is 32.1 Å². The second kappa shape index (κ2) is 15.9. The third kappa shape index (κ3) is 11.9. The minimum Gasteiger partial charge on any atom is -0.394 e. The lowest BCUT2D eigenvalue weighted by Crippen LogP contribution is -2.59. The maximum atomic E-state index is 12.5. The highest BCUT2D eigenvalue weighted by molar-refractivity contribution is 5.93. The van der Waals surface area contributed by atoms with Crippen molar-refractivity contribution in [3.63, 3.8) is 0 Å². The first-order valence-electron chi connectivity index (χ1n) is 10.7. The van der Waals surface area contributed by atoms with E-state index in [1.165, 1.54) is 13.8 Å². The first-order chi connectivity index (χ1) is 16.1. The van der Waals surface area contributed by atoms with Crippen LogP contribution in [0.25, 0.3) is 0 Å². The minimum atomic E-state index is -1.33. The Kier molecular flexibility index (Phi) is 13.6. The molecule has 1 saturated heterocycles. The third-order valence-electron chi connectivity index (χ3n) is 4.46. The standard InChI is InChI=1S/C19H34N6O9/c1-11(27)7-14-17(30)25-21-8-13(9-26)22-15(29)10-34-6-5-33-4-3-20-18(31)16(12(2)28)24-19(32)23-14/h12-14,16,21,26,28H,3-10H2,1-2H3,(H,20,31)(H,22,29)(H,25,30)(H2,23,24,32)/t12?,13-,14+,16+/m1/s1. The number of ketones is 1. The van der Waals surface area contributed by atoms with Gasteiger partial charge in [0.1, 0.15) is 24.5 Å². The lowest BCUT2D eigenvalue weighted by Gasteiger charge is -2.23. The minimum absolute atomic E-state index is 0.0691. The Morgan fingerprint density at radius 1 is 1.06 bits per heavy atom. The van der Waals surface area contributed by atoms with Crippen LogP contribution in [0.4, 0.5) is 4.79 Å². The first kappa shape index (κ1) is 29.2. The highest BCUT2D eigenvalue weighted by atomic mass is 16.5. The molecule has 34 heavy (non-hydrogen) atoms. The monoisotopic (exact) mass is 490 g/mol. The number of hydrogen-bond acceptors (Lipinski definition) is 10. The summed E-state index contributed by atoms with van der Waals surface area (Å²) in [5, 5.41) is 28.9. The summed E-state index contributed by atoms with van der Waals surface area (Å²) in [5.74, 6) is -2.35. The second-order valence-corrected chi connectivity index (χ2v) is 7.57. The normalized spacial score (nSPS) is 25.9. The van der Waals surface area contributed by atoms with Crippen molar-refractivity contribution in [1.82, 2.24) is 32.1 Å². The van der Waals surface area contributed by atoms with Crippen LogP contribution in [0.1, 0.15) is 20.3 Å². The van der Waals surface area contributed by atoms with Gasteiger partial charge in [-0.15, -0.1) is 0 Å². The molecule has 0 radical (unpaired) electrons. The highest BCUT2D eigenvalue weighted by Crippen LogP contribution is 1.97. The van der Waals surface area contributed by atoms with E-state index in [1.807, 2.05) is 0 Å². The molecule has 15 nitrogen and oxygen atoms in total. The average Bonchev–Trinajstić information content (AvgIpc) is 2.76. The molecule has 0 aliphatic carbocycles. The molecule has 5 amide bonds. The number of amides is 5. The van der Waals surface area contributed by atoms with Gasteiger partial charge in [0, 0.05) is 19.5 Å². The summed E-state index contributed by atoms with van der Waals surface area (Å²) in [5.41, 5.74) is 4.81. The summed E-state index contributed by atoms with van der Waals surface area (Å²) in [4.78, 5) is 60.6. The Morgan fingerprint density at radius 2 is 1.76 bits per heavy atom. The molecule has 0 aromatic carbocycles. The van der Waals surface area contributed by atoms with Crippen molar-refractivity contribution >= 4 is 29.5 Å². The van der Waals surface area contributed by atoms with E-state index in [0.717, 1.165) is 0 Å². The number of Topliss-reactive ketones (excluding diaryl/α,β-unsaturated/α-hetero) is 1. The van der Waals surface area contributed by atoms with Crippen LogP contribution in [0, 0.1) is 0 Å². The number of hydrogen-bond donors (Lipinski definition) is 8. The summed E-state index contributed by atoms with van der Waals surface area (Å²) < 4.78 is 10.4. The first-order valence-corrected chi connectivity index (χ1v) is 10.7.